The Hall–Kier alpha value is -3.82. The number of methoxy groups -OCH3 is 1. The van der Waals surface area contributed by atoms with Crippen LogP contribution in [-0.2, 0) is 21.8 Å². The highest BCUT2D eigenvalue weighted by molar-refractivity contribution is 7.90. The van der Waals surface area contributed by atoms with Crippen molar-refractivity contribution < 1.29 is 17.9 Å². The van der Waals surface area contributed by atoms with Crippen LogP contribution in [0.5, 0.6) is 5.75 Å². The molecule has 0 radical (unpaired) electrons. The molecular weight excluding hydrogens is 488 g/mol. The van der Waals surface area contributed by atoms with E-state index in [1.54, 1.807) is 25.4 Å². The van der Waals surface area contributed by atoms with Gasteiger partial charge in [-0.3, -0.25) is 0 Å². The summed E-state index contributed by atoms with van der Waals surface area (Å²) in [6.07, 6.45) is 3.65. The zero-order valence-corrected chi connectivity index (χ0v) is 21.8. The van der Waals surface area contributed by atoms with E-state index in [9.17, 15) is 8.42 Å². The lowest BCUT2D eigenvalue weighted by atomic mass is 10.1. The Morgan fingerprint density at radius 2 is 1.73 bits per heavy atom. The summed E-state index contributed by atoms with van der Waals surface area (Å²) in [5.41, 5.74) is 4.66. The highest BCUT2D eigenvalue weighted by Crippen LogP contribution is 2.40. The standard InChI is InChI=1S/C28H28N4O4S/c1-19-4-7-21(8-5-19)37(33,34)32-27(24-18-30(2)25-9-6-20(35-3)16-22(24)25)17-23-26(10-11-29-28(23)32)31-12-14-36-15-13-31/h4-11,16-18H,12-15H2,1-3H3. The Bertz CT molecular complexity index is 1730. The summed E-state index contributed by atoms with van der Waals surface area (Å²) in [7, 11) is -0.388. The molecule has 2 aromatic carbocycles. The van der Waals surface area contributed by atoms with Crippen molar-refractivity contribution in [2.24, 2.45) is 7.05 Å². The molecule has 0 unspecified atom stereocenters. The maximum atomic E-state index is 14.2. The first kappa shape index (κ1) is 23.6. The minimum absolute atomic E-state index is 0.216. The number of anilines is 1. The summed E-state index contributed by atoms with van der Waals surface area (Å²) in [6.45, 7) is 4.66. The molecule has 8 nitrogen and oxygen atoms in total. The number of pyridine rings is 1. The minimum atomic E-state index is -3.97. The fraction of sp³-hybridized carbons (Fsp3) is 0.250. The number of aromatic nitrogens is 3. The Morgan fingerprint density at radius 1 is 0.973 bits per heavy atom. The number of nitrogens with zero attached hydrogens (tertiary/aromatic N) is 4. The van der Waals surface area contributed by atoms with Gasteiger partial charge in [0.25, 0.3) is 10.0 Å². The molecule has 6 rings (SSSR count). The van der Waals surface area contributed by atoms with E-state index in [2.05, 4.69) is 9.88 Å². The number of rotatable bonds is 5. The topological polar surface area (TPSA) is 78.6 Å². The van der Waals surface area contributed by atoms with E-state index in [-0.39, 0.29) is 4.90 Å². The molecule has 37 heavy (non-hydrogen) atoms. The van der Waals surface area contributed by atoms with E-state index in [1.807, 2.05) is 67.2 Å². The smallest absolute Gasteiger partial charge is 0.269 e. The Balaban J connectivity index is 1.68. The monoisotopic (exact) mass is 516 g/mol. The van der Waals surface area contributed by atoms with Gasteiger partial charge in [-0.15, -0.1) is 0 Å². The lowest BCUT2D eigenvalue weighted by Gasteiger charge is -2.29. The zero-order valence-electron chi connectivity index (χ0n) is 21.0. The van der Waals surface area contributed by atoms with Crippen molar-refractivity contribution in [2.45, 2.75) is 11.8 Å². The number of fused-ring (bicyclic) bond motifs is 2. The summed E-state index contributed by atoms with van der Waals surface area (Å²) in [5.74, 6) is 0.705. The molecular formula is C28H28N4O4S. The van der Waals surface area contributed by atoms with Gasteiger partial charge < -0.3 is 18.9 Å². The molecule has 4 heterocycles. The van der Waals surface area contributed by atoms with Gasteiger partial charge in [-0.05, 0) is 49.4 Å². The van der Waals surface area contributed by atoms with Crippen molar-refractivity contribution in [3.8, 4) is 17.0 Å². The number of ether oxygens (including phenoxy) is 2. The van der Waals surface area contributed by atoms with Crippen LogP contribution in [-0.4, -0.2) is 55.4 Å². The third-order valence-corrected chi connectivity index (χ3v) is 8.74. The predicted octanol–water partition coefficient (Wildman–Crippen LogP) is 4.59. The number of benzene rings is 2. The van der Waals surface area contributed by atoms with Crippen molar-refractivity contribution in [1.82, 2.24) is 13.5 Å². The van der Waals surface area contributed by atoms with E-state index in [4.69, 9.17) is 9.47 Å². The second-order valence-electron chi connectivity index (χ2n) is 9.32. The van der Waals surface area contributed by atoms with Crippen molar-refractivity contribution in [3.05, 3.63) is 72.6 Å². The highest BCUT2D eigenvalue weighted by Gasteiger charge is 2.28. The molecule has 1 fully saturated rings. The SMILES string of the molecule is COc1ccc2c(c1)c(-c1cc3c(N4CCOCC4)ccnc3n1S(=O)(=O)c1ccc(C)cc1)cn2C. The van der Waals surface area contributed by atoms with Crippen LogP contribution in [0.1, 0.15) is 5.56 Å². The molecule has 0 aliphatic carbocycles. The van der Waals surface area contributed by atoms with Crippen molar-refractivity contribution in [3.63, 3.8) is 0 Å². The van der Waals surface area contributed by atoms with E-state index < -0.39 is 10.0 Å². The van der Waals surface area contributed by atoms with Crippen LogP contribution in [0.4, 0.5) is 5.69 Å². The average Bonchev–Trinajstić information content (AvgIpc) is 3.47. The molecule has 5 aromatic rings. The lowest BCUT2D eigenvalue weighted by molar-refractivity contribution is 0.123. The second kappa shape index (κ2) is 8.93. The molecule has 1 aliphatic rings. The van der Waals surface area contributed by atoms with E-state index in [1.165, 1.54) is 3.97 Å². The van der Waals surface area contributed by atoms with Gasteiger partial charge in [-0.1, -0.05) is 17.7 Å². The molecule has 3 aromatic heterocycles. The molecule has 0 atom stereocenters. The number of hydrogen-bond donors (Lipinski definition) is 0. The largest absolute Gasteiger partial charge is 0.497 e. The quantitative estimate of drug-likeness (QED) is 0.340. The van der Waals surface area contributed by atoms with Crippen LogP contribution in [0.25, 0.3) is 33.2 Å². The summed E-state index contributed by atoms with van der Waals surface area (Å²) in [5, 5.41) is 1.69. The highest BCUT2D eigenvalue weighted by atomic mass is 32.2. The second-order valence-corrected chi connectivity index (χ2v) is 11.1. The molecule has 0 amide bonds. The van der Waals surface area contributed by atoms with Gasteiger partial charge >= 0.3 is 0 Å². The fourth-order valence-corrected chi connectivity index (χ4v) is 6.56. The van der Waals surface area contributed by atoms with Crippen molar-refractivity contribution in [2.75, 3.05) is 38.3 Å². The number of aryl methyl sites for hydroxylation is 2. The maximum Gasteiger partial charge on any atom is 0.269 e. The average molecular weight is 517 g/mol. The minimum Gasteiger partial charge on any atom is -0.497 e. The van der Waals surface area contributed by atoms with Crippen molar-refractivity contribution >= 4 is 37.6 Å². The molecule has 1 aliphatic heterocycles. The molecule has 0 N–H and O–H groups in total. The first-order valence-corrected chi connectivity index (χ1v) is 13.6. The summed E-state index contributed by atoms with van der Waals surface area (Å²) in [4.78, 5) is 7.05. The van der Waals surface area contributed by atoms with Crippen LogP contribution in [0.2, 0.25) is 0 Å². The Kier molecular flexibility index (Phi) is 5.69. The third-order valence-electron chi connectivity index (χ3n) is 7.02. The first-order valence-electron chi connectivity index (χ1n) is 12.2. The Labute approximate surface area is 215 Å². The number of hydrogen-bond acceptors (Lipinski definition) is 6. The fourth-order valence-electron chi connectivity index (χ4n) is 5.09. The van der Waals surface area contributed by atoms with E-state index in [0.717, 1.165) is 46.2 Å². The van der Waals surface area contributed by atoms with Gasteiger partial charge in [0.2, 0.25) is 0 Å². The van der Waals surface area contributed by atoms with Gasteiger partial charge in [0.05, 0.1) is 30.9 Å². The van der Waals surface area contributed by atoms with Gasteiger partial charge in [0.1, 0.15) is 5.75 Å². The molecule has 9 heteroatoms. The van der Waals surface area contributed by atoms with Gasteiger partial charge in [-0.2, -0.15) is 0 Å². The predicted molar refractivity (Wildman–Crippen MR) is 145 cm³/mol. The normalized spacial score (nSPS) is 14.5. The molecule has 1 saturated heterocycles. The van der Waals surface area contributed by atoms with E-state index >= 15 is 0 Å². The molecule has 190 valence electrons. The van der Waals surface area contributed by atoms with Crippen LogP contribution < -0.4 is 9.64 Å². The van der Waals surface area contributed by atoms with Crippen LogP contribution >= 0.6 is 0 Å². The van der Waals surface area contributed by atoms with Crippen LogP contribution in [0.3, 0.4) is 0 Å². The van der Waals surface area contributed by atoms with Gasteiger partial charge in [-0.25, -0.2) is 17.4 Å². The van der Waals surface area contributed by atoms with Crippen LogP contribution in [0.15, 0.2) is 71.9 Å². The molecule has 0 saturated carbocycles. The molecule has 0 spiro atoms. The summed E-state index contributed by atoms with van der Waals surface area (Å²) >= 11 is 0. The van der Waals surface area contributed by atoms with E-state index in [0.29, 0.717) is 30.3 Å². The summed E-state index contributed by atoms with van der Waals surface area (Å²) in [6, 6.07) is 16.7. The molecule has 0 bridgehead atoms. The summed E-state index contributed by atoms with van der Waals surface area (Å²) < 4.78 is 42.9. The van der Waals surface area contributed by atoms with Crippen LogP contribution in [0, 0.1) is 6.92 Å². The zero-order chi connectivity index (χ0) is 25.7. The third kappa shape index (κ3) is 3.86. The van der Waals surface area contributed by atoms with Gasteiger partial charge in [0.15, 0.2) is 5.65 Å². The number of morpholine rings is 1. The maximum absolute atomic E-state index is 14.2. The lowest BCUT2D eigenvalue weighted by Crippen LogP contribution is -2.36. The van der Waals surface area contributed by atoms with Crippen molar-refractivity contribution in [1.29, 1.82) is 0 Å². The van der Waals surface area contributed by atoms with Gasteiger partial charge in [0, 0.05) is 60.1 Å². The first-order chi connectivity index (χ1) is 17.9. The Morgan fingerprint density at radius 3 is 2.46 bits per heavy atom.